The summed E-state index contributed by atoms with van der Waals surface area (Å²) in [5.74, 6) is 0.788. The van der Waals surface area contributed by atoms with Crippen LogP contribution in [0, 0.1) is 5.92 Å². The third-order valence-electron chi connectivity index (χ3n) is 5.86. The fourth-order valence-corrected chi connectivity index (χ4v) is 4.04. The molecule has 1 saturated carbocycles. The van der Waals surface area contributed by atoms with E-state index in [1.807, 2.05) is 13.0 Å². The number of tetrazole rings is 1. The van der Waals surface area contributed by atoms with Crippen molar-refractivity contribution in [2.45, 2.75) is 52.0 Å². The normalized spacial score (nSPS) is 21.1. The maximum atomic E-state index is 12.8. The number of ether oxygens (including phenoxy) is 1. The van der Waals surface area contributed by atoms with Crippen LogP contribution < -0.4 is 5.32 Å². The molecule has 30 heavy (non-hydrogen) atoms. The van der Waals surface area contributed by atoms with Gasteiger partial charge >= 0.3 is 12.0 Å². The Kier molecular flexibility index (Phi) is 6.69. The lowest BCUT2D eigenvalue weighted by atomic mass is 9.75. The first-order chi connectivity index (χ1) is 14.4. The summed E-state index contributed by atoms with van der Waals surface area (Å²) >= 11 is 0. The number of esters is 1. The Hall–Kier alpha value is -2.97. The van der Waals surface area contributed by atoms with E-state index in [9.17, 15) is 9.59 Å². The number of urea groups is 1. The quantitative estimate of drug-likeness (QED) is 0.729. The van der Waals surface area contributed by atoms with Crippen LogP contribution in [0.15, 0.2) is 24.3 Å². The zero-order valence-corrected chi connectivity index (χ0v) is 18.1. The van der Waals surface area contributed by atoms with Gasteiger partial charge in [0.05, 0.1) is 17.9 Å². The van der Waals surface area contributed by atoms with Gasteiger partial charge in [-0.3, -0.25) is 0 Å². The van der Waals surface area contributed by atoms with Crippen LogP contribution in [0.1, 0.15) is 62.6 Å². The summed E-state index contributed by atoms with van der Waals surface area (Å²) in [4.78, 5) is 26.7. The molecule has 0 bridgehead atoms. The van der Waals surface area contributed by atoms with E-state index in [-0.39, 0.29) is 6.03 Å². The lowest BCUT2D eigenvalue weighted by molar-refractivity contribution is 0.0526. The fraction of sp³-hybridized carbons (Fsp3) is 0.571. The van der Waals surface area contributed by atoms with Crippen LogP contribution in [0.2, 0.25) is 0 Å². The average Bonchev–Trinajstić information content (AvgIpc) is 3.25. The van der Waals surface area contributed by atoms with E-state index in [0.717, 1.165) is 25.7 Å². The molecule has 0 aliphatic heterocycles. The molecule has 9 heteroatoms. The second-order valence-electron chi connectivity index (χ2n) is 7.79. The lowest BCUT2D eigenvalue weighted by Gasteiger charge is -2.44. The highest BCUT2D eigenvalue weighted by Crippen LogP contribution is 2.43. The van der Waals surface area contributed by atoms with Crippen molar-refractivity contribution in [3.63, 3.8) is 0 Å². The number of rotatable bonds is 6. The maximum Gasteiger partial charge on any atom is 0.338 e. The SMILES string of the molecule is CCNC(=O)N(C)C1(c2nnnn2-c2cccc(C(=O)OCC)c2)CCC(C)CC1. The van der Waals surface area contributed by atoms with Crippen LogP contribution in [0.4, 0.5) is 4.79 Å². The summed E-state index contributed by atoms with van der Waals surface area (Å²) in [5, 5.41) is 15.4. The van der Waals surface area contributed by atoms with E-state index in [2.05, 4.69) is 27.8 Å². The largest absolute Gasteiger partial charge is 0.462 e. The lowest BCUT2D eigenvalue weighted by Crippen LogP contribution is -2.53. The second kappa shape index (κ2) is 9.23. The summed E-state index contributed by atoms with van der Waals surface area (Å²) in [6.45, 7) is 6.74. The summed E-state index contributed by atoms with van der Waals surface area (Å²) < 4.78 is 6.75. The van der Waals surface area contributed by atoms with Crippen molar-refractivity contribution >= 4 is 12.0 Å². The first kappa shape index (κ1) is 21.7. The summed E-state index contributed by atoms with van der Waals surface area (Å²) in [7, 11) is 1.80. The molecular formula is C21H30N6O3. The van der Waals surface area contributed by atoms with E-state index < -0.39 is 11.5 Å². The molecule has 162 valence electrons. The van der Waals surface area contributed by atoms with Crippen LogP contribution in [-0.4, -0.2) is 57.3 Å². The molecule has 9 nitrogen and oxygen atoms in total. The van der Waals surface area contributed by atoms with Crippen molar-refractivity contribution in [2.24, 2.45) is 5.92 Å². The minimum Gasteiger partial charge on any atom is -0.462 e. The molecule has 1 aromatic heterocycles. The van der Waals surface area contributed by atoms with Gasteiger partial charge in [-0.05, 0) is 74.1 Å². The number of carbonyl (C=O) groups excluding carboxylic acids is 2. The summed E-state index contributed by atoms with van der Waals surface area (Å²) in [6.07, 6.45) is 3.47. The van der Waals surface area contributed by atoms with E-state index in [1.165, 1.54) is 0 Å². The summed E-state index contributed by atoms with van der Waals surface area (Å²) in [6, 6.07) is 6.87. The topological polar surface area (TPSA) is 102 Å². The van der Waals surface area contributed by atoms with Crippen molar-refractivity contribution < 1.29 is 14.3 Å². The molecule has 3 rings (SSSR count). The van der Waals surface area contributed by atoms with Crippen LogP contribution in [0.5, 0.6) is 0 Å². The second-order valence-corrected chi connectivity index (χ2v) is 7.79. The van der Waals surface area contributed by atoms with Gasteiger partial charge in [0.2, 0.25) is 0 Å². The van der Waals surface area contributed by atoms with Gasteiger partial charge in [-0.1, -0.05) is 13.0 Å². The monoisotopic (exact) mass is 414 g/mol. The standard InChI is InChI=1S/C21H30N6O3/c1-5-22-20(29)26(4)21(12-10-15(3)11-13-21)19-23-24-25-27(19)17-9-7-8-16(14-17)18(28)30-6-2/h7-9,14-15H,5-6,10-13H2,1-4H3,(H,22,29). The van der Waals surface area contributed by atoms with Crippen LogP contribution >= 0.6 is 0 Å². The number of amides is 2. The van der Waals surface area contributed by atoms with Crippen LogP contribution in [0.25, 0.3) is 5.69 Å². The molecule has 1 fully saturated rings. The minimum absolute atomic E-state index is 0.151. The van der Waals surface area contributed by atoms with E-state index in [1.54, 1.807) is 41.8 Å². The zero-order valence-electron chi connectivity index (χ0n) is 18.1. The highest BCUT2D eigenvalue weighted by Gasteiger charge is 2.46. The molecule has 1 aromatic carbocycles. The Morgan fingerprint density at radius 2 is 2.03 bits per heavy atom. The number of nitrogens with one attached hydrogen (secondary N) is 1. The Balaban J connectivity index is 2.04. The molecule has 1 heterocycles. The molecular weight excluding hydrogens is 384 g/mol. The van der Waals surface area contributed by atoms with Crippen molar-refractivity contribution in [3.8, 4) is 5.69 Å². The highest BCUT2D eigenvalue weighted by atomic mass is 16.5. The number of nitrogens with zero attached hydrogens (tertiary/aromatic N) is 5. The molecule has 0 radical (unpaired) electrons. The number of hydrogen-bond acceptors (Lipinski definition) is 6. The van der Waals surface area contributed by atoms with Gasteiger partial charge in [-0.2, -0.15) is 4.68 Å². The molecule has 2 aromatic rings. The number of benzene rings is 1. The van der Waals surface area contributed by atoms with Gasteiger partial charge in [-0.15, -0.1) is 5.10 Å². The van der Waals surface area contributed by atoms with Crippen molar-refractivity contribution in [1.82, 2.24) is 30.4 Å². The van der Waals surface area contributed by atoms with Crippen molar-refractivity contribution in [1.29, 1.82) is 0 Å². The molecule has 0 atom stereocenters. The average molecular weight is 415 g/mol. The summed E-state index contributed by atoms with van der Waals surface area (Å²) in [5.41, 5.74) is 0.455. The highest BCUT2D eigenvalue weighted by molar-refractivity contribution is 5.90. The Bertz CT molecular complexity index is 888. The van der Waals surface area contributed by atoms with Gasteiger partial charge in [-0.25, -0.2) is 9.59 Å². The van der Waals surface area contributed by atoms with Crippen LogP contribution in [0.3, 0.4) is 0 Å². The molecule has 0 unspecified atom stereocenters. The molecule has 2 amide bonds. The van der Waals surface area contributed by atoms with Crippen molar-refractivity contribution in [2.75, 3.05) is 20.2 Å². The zero-order chi connectivity index (χ0) is 21.7. The van der Waals surface area contributed by atoms with Gasteiger partial charge in [0.25, 0.3) is 0 Å². The maximum absolute atomic E-state index is 12.8. The Labute approximate surface area is 176 Å². The van der Waals surface area contributed by atoms with E-state index in [0.29, 0.717) is 36.1 Å². The molecule has 0 saturated heterocycles. The minimum atomic E-state index is -0.630. The Morgan fingerprint density at radius 1 is 1.30 bits per heavy atom. The van der Waals surface area contributed by atoms with Gasteiger partial charge < -0.3 is 15.0 Å². The predicted octanol–water partition coefficient (Wildman–Crippen LogP) is 2.91. The first-order valence-electron chi connectivity index (χ1n) is 10.5. The molecule has 0 spiro atoms. The van der Waals surface area contributed by atoms with Crippen molar-refractivity contribution in [3.05, 3.63) is 35.7 Å². The smallest absolute Gasteiger partial charge is 0.338 e. The fourth-order valence-electron chi connectivity index (χ4n) is 4.04. The Morgan fingerprint density at radius 3 is 2.70 bits per heavy atom. The molecule has 1 N–H and O–H groups in total. The molecule has 1 aliphatic carbocycles. The van der Waals surface area contributed by atoms with E-state index >= 15 is 0 Å². The van der Waals surface area contributed by atoms with Gasteiger partial charge in [0.1, 0.15) is 5.54 Å². The van der Waals surface area contributed by atoms with Gasteiger partial charge in [0.15, 0.2) is 5.82 Å². The molecule has 1 aliphatic rings. The predicted molar refractivity (Wildman–Crippen MR) is 111 cm³/mol. The third-order valence-corrected chi connectivity index (χ3v) is 5.86. The number of aromatic nitrogens is 4. The third kappa shape index (κ3) is 4.15. The number of carbonyl (C=O) groups is 2. The van der Waals surface area contributed by atoms with E-state index in [4.69, 9.17) is 4.74 Å². The first-order valence-corrected chi connectivity index (χ1v) is 10.5. The van der Waals surface area contributed by atoms with Gasteiger partial charge in [0, 0.05) is 13.6 Å². The number of hydrogen-bond donors (Lipinski definition) is 1. The van der Waals surface area contributed by atoms with Crippen LogP contribution in [-0.2, 0) is 10.3 Å².